The molecule has 0 bridgehead atoms. The minimum atomic E-state index is -0.190. The predicted molar refractivity (Wildman–Crippen MR) is 104 cm³/mol. The Hall–Kier alpha value is -2.29. The van der Waals surface area contributed by atoms with E-state index in [-0.39, 0.29) is 5.91 Å². The summed E-state index contributed by atoms with van der Waals surface area (Å²) in [6, 6.07) is 9.68. The van der Waals surface area contributed by atoms with Gasteiger partial charge in [-0.2, -0.15) is 0 Å². The molecule has 1 aromatic carbocycles. The molecule has 0 aliphatic rings. The first-order valence-electron chi connectivity index (χ1n) is 7.57. The van der Waals surface area contributed by atoms with Gasteiger partial charge in [0.2, 0.25) is 0 Å². The Balaban J connectivity index is 1.53. The average molecular weight is 388 g/mol. The number of hydrogen-bond donors (Lipinski definition) is 1. The van der Waals surface area contributed by atoms with Crippen molar-refractivity contribution in [2.45, 2.75) is 6.92 Å². The smallest absolute Gasteiger partial charge is 0.269 e. The van der Waals surface area contributed by atoms with E-state index >= 15 is 0 Å². The summed E-state index contributed by atoms with van der Waals surface area (Å²) in [5, 5.41) is 6.28. The van der Waals surface area contributed by atoms with Gasteiger partial charge in [-0.3, -0.25) is 10.1 Å². The molecule has 0 saturated heterocycles. The van der Waals surface area contributed by atoms with E-state index in [4.69, 9.17) is 4.74 Å². The number of fused-ring (bicyclic) bond motifs is 1. The Morgan fingerprint density at radius 1 is 1.28 bits per heavy atom. The maximum Gasteiger partial charge on any atom is 0.269 e. The molecule has 0 aliphatic carbocycles. The number of amides is 1. The molecule has 4 rings (SSSR count). The van der Waals surface area contributed by atoms with Crippen molar-refractivity contribution in [3.8, 4) is 15.6 Å². The van der Waals surface area contributed by atoms with Crippen LogP contribution in [0.4, 0.5) is 5.13 Å². The Labute approximate surface area is 156 Å². The molecule has 1 N–H and O–H groups in total. The SMILES string of the molecule is CCOc1ccc2nc(NC(=O)c3cnc(-c4cccs4)s3)sc2c1. The number of thiophene rings is 1. The predicted octanol–water partition coefficient (Wildman–Crippen LogP) is 5.13. The van der Waals surface area contributed by atoms with Gasteiger partial charge in [0.25, 0.3) is 5.91 Å². The van der Waals surface area contributed by atoms with Gasteiger partial charge in [0, 0.05) is 0 Å². The van der Waals surface area contributed by atoms with Crippen molar-refractivity contribution in [1.29, 1.82) is 0 Å². The third-order valence-electron chi connectivity index (χ3n) is 3.35. The van der Waals surface area contributed by atoms with Gasteiger partial charge in [0.15, 0.2) is 5.13 Å². The van der Waals surface area contributed by atoms with Crippen LogP contribution in [0.15, 0.2) is 41.9 Å². The molecule has 25 heavy (non-hydrogen) atoms. The highest BCUT2D eigenvalue weighted by molar-refractivity contribution is 7.23. The van der Waals surface area contributed by atoms with Crippen LogP contribution < -0.4 is 10.1 Å². The van der Waals surface area contributed by atoms with Crippen molar-refractivity contribution in [2.75, 3.05) is 11.9 Å². The summed E-state index contributed by atoms with van der Waals surface area (Å²) in [4.78, 5) is 22.9. The topological polar surface area (TPSA) is 64.1 Å². The van der Waals surface area contributed by atoms with E-state index in [1.54, 1.807) is 17.5 Å². The molecule has 0 spiro atoms. The zero-order chi connectivity index (χ0) is 17.2. The molecule has 0 unspecified atom stereocenters. The number of hydrogen-bond acceptors (Lipinski definition) is 7. The molecular formula is C17H13N3O2S3. The summed E-state index contributed by atoms with van der Waals surface area (Å²) < 4.78 is 6.47. The fourth-order valence-corrected chi connectivity index (χ4v) is 4.77. The molecule has 0 radical (unpaired) electrons. The van der Waals surface area contributed by atoms with Gasteiger partial charge in [-0.25, -0.2) is 9.97 Å². The van der Waals surface area contributed by atoms with Crippen molar-refractivity contribution in [1.82, 2.24) is 9.97 Å². The van der Waals surface area contributed by atoms with Crippen LogP contribution in [0.2, 0.25) is 0 Å². The van der Waals surface area contributed by atoms with E-state index in [0.29, 0.717) is 16.6 Å². The van der Waals surface area contributed by atoms with Crippen molar-refractivity contribution in [3.63, 3.8) is 0 Å². The molecule has 0 saturated carbocycles. The maximum atomic E-state index is 12.4. The minimum absolute atomic E-state index is 0.190. The molecule has 5 nitrogen and oxygen atoms in total. The summed E-state index contributed by atoms with van der Waals surface area (Å²) in [6.45, 7) is 2.56. The third kappa shape index (κ3) is 3.41. The lowest BCUT2D eigenvalue weighted by Gasteiger charge is -2.00. The first-order valence-corrected chi connectivity index (χ1v) is 10.1. The van der Waals surface area contributed by atoms with Crippen LogP contribution >= 0.6 is 34.0 Å². The number of aromatic nitrogens is 2. The fourth-order valence-electron chi connectivity index (χ4n) is 2.27. The molecule has 0 atom stereocenters. The summed E-state index contributed by atoms with van der Waals surface area (Å²) >= 11 is 4.41. The molecule has 0 aliphatic heterocycles. The molecule has 4 aromatic rings. The summed E-state index contributed by atoms with van der Waals surface area (Å²) in [5.41, 5.74) is 0.840. The van der Waals surface area contributed by atoms with Crippen LogP contribution in [-0.4, -0.2) is 22.5 Å². The Morgan fingerprint density at radius 3 is 3.00 bits per heavy atom. The number of nitrogens with one attached hydrogen (secondary N) is 1. The van der Waals surface area contributed by atoms with E-state index in [1.807, 2.05) is 42.6 Å². The number of thiazole rings is 2. The zero-order valence-electron chi connectivity index (χ0n) is 13.2. The van der Waals surface area contributed by atoms with Crippen LogP contribution in [0.25, 0.3) is 20.1 Å². The van der Waals surface area contributed by atoms with Crippen LogP contribution in [0, 0.1) is 0 Å². The second-order valence-electron chi connectivity index (χ2n) is 5.04. The normalized spacial score (nSPS) is 10.9. The van der Waals surface area contributed by atoms with E-state index < -0.39 is 0 Å². The number of benzene rings is 1. The van der Waals surface area contributed by atoms with Crippen LogP contribution in [0.5, 0.6) is 5.75 Å². The lowest BCUT2D eigenvalue weighted by atomic mass is 10.3. The zero-order valence-corrected chi connectivity index (χ0v) is 15.6. The number of carbonyl (C=O) groups excluding carboxylic acids is 1. The molecule has 0 fully saturated rings. The second-order valence-corrected chi connectivity index (χ2v) is 8.05. The van der Waals surface area contributed by atoms with Gasteiger partial charge in [-0.05, 0) is 36.6 Å². The summed E-state index contributed by atoms with van der Waals surface area (Å²) in [5.74, 6) is 0.615. The van der Waals surface area contributed by atoms with Crippen molar-refractivity contribution in [3.05, 3.63) is 46.8 Å². The van der Waals surface area contributed by atoms with Gasteiger partial charge in [-0.1, -0.05) is 17.4 Å². The molecular weight excluding hydrogens is 374 g/mol. The Morgan fingerprint density at radius 2 is 2.20 bits per heavy atom. The van der Waals surface area contributed by atoms with Crippen LogP contribution in [-0.2, 0) is 0 Å². The second kappa shape index (κ2) is 6.91. The van der Waals surface area contributed by atoms with Crippen molar-refractivity contribution in [2.24, 2.45) is 0 Å². The molecule has 126 valence electrons. The van der Waals surface area contributed by atoms with Crippen LogP contribution in [0.3, 0.4) is 0 Å². The first kappa shape index (κ1) is 16.2. The highest BCUT2D eigenvalue weighted by Gasteiger charge is 2.14. The van der Waals surface area contributed by atoms with E-state index in [0.717, 1.165) is 25.9 Å². The van der Waals surface area contributed by atoms with Crippen LogP contribution in [0.1, 0.15) is 16.6 Å². The summed E-state index contributed by atoms with van der Waals surface area (Å²) in [7, 11) is 0. The lowest BCUT2D eigenvalue weighted by molar-refractivity contribution is 0.103. The summed E-state index contributed by atoms with van der Waals surface area (Å²) in [6.07, 6.45) is 1.61. The molecule has 3 aromatic heterocycles. The van der Waals surface area contributed by atoms with Gasteiger partial charge >= 0.3 is 0 Å². The Bertz CT molecular complexity index is 1020. The first-order chi connectivity index (χ1) is 12.2. The number of ether oxygens (including phenoxy) is 1. The highest BCUT2D eigenvalue weighted by Crippen LogP contribution is 2.31. The fraction of sp³-hybridized carbons (Fsp3) is 0.118. The van der Waals surface area contributed by atoms with Crippen molar-refractivity contribution >= 4 is 55.3 Å². The Kier molecular flexibility index (Phi) is 4.48. The monoisotopic (exact) mass is 387 g/mol. The molecule has 3 heterocycles. The van der Waals surface area contributed by atoms with E-state index in [1.165, 1.54) is 22.7 Å². The van der Waals surface area contributed by atoms with E-state index in [2.05, 4.69) is 15.3 Å². The highest BCUT2D eigenvalue weighted by atomic mass is 32.1. The van der Waals surface area contributed by atoms with Gasteiger partial charge in [0.1, 0.15) is 15.6 Å². The number of nitrogens with zero attached hydrogens (tertiary/aromatic N) is 2. The van der Waals surface area contributed by atoms with Gasteiger partial charge in [0.05, 0.1) is 27.9 Å². The average Bonchev–Trinajstić information content (AvgIpc) is 3.34. The number of rotatable bonds is 5. The standard InChI is InChI=1S/C17H13N3O2S3/c1-2-22-10-5-6-11-13(8-10)25-17(19-11)20-15(21)14-9-18-16(24-14)12-4-3-7-23-12/h3-9H,2H2,1H3,(H,19,20,21). The van der Waals surface area contributed by atoms with Gasteiger partial charge < -0.3 is 4.74 Å². The number of anilines is 1. The third-order valence-corrected chi connectivity index (χ3v) is 6.32. The lowest BCUT2D eigenvalue weighted by Crippen LogP contribution is -2.09. The molecule has 1 amide bonds. The quantitative estimate of drug-likeness (QED) is 0.515. The maximum absolute atomic E-state index is 12.4. The van der Waals surface area contributed by atoms with Crippen molar-refractivity contribution < 1.29 is 9.53 Å². The minimum Gasteiger partial charge on any atom is -0.494 e. The van der Waals surface area contributed by atoms with Gasteiger partial charge in [-0.15, -0.1) is 22.7 Å². The largest absolute Gasteiger partial charge is 0.494 e. The molecule has 8 heteroatoms. The van der Waals surface area contributed by atoms with E-state index in [9.17, 15) is 4.79 Å². The number of carbonyl (C=O) groups is 1.